The van der Waals surface area contributed by atoms with Crippen LogP contribution in [-0.2, 0) is 0 Å². The summed E-state index contributed by atoms with van der Waals surface area (Å²) in [4.78, 5) is 0. The van der Waals surface area contributed by atoms with Crippen molar-refractivity contribution in [2.24, 2.45) is 0 Å². The smallest absolute Gasteiger partial charge is 0.864 e. The molecule has 0 aliphatic heterocycles. The molecule has 0 radical (unpaired) electrons. The van der Waals surface area contributed by atoms with Crippen LogP contribution in [-0.4, -0.2) is 5.05 Å². The van der Waals surface area contributed by atoms with Crippen molar-refractivity contribution in [3.05, 3.63) is 35.9 Å². The minimum atomic E-state index is -0.296. The van der Waals surface area contributed by atoms with Gasteiger partial charge in [0, 0.05) is 0 Å². The third-order valence-corrected chi connectivity index (χ3v) is 1.25. The second-order valence-electron chi connectivity index (χ2n) is 1.65. The van der Waals surface area contributed by atoms with Crippen molar-refractivity contribution >= 4 is 17.3 Å². The summed E-state index contributed by atoms with van der Waals surface area (Å²) in [6.45, 7) is 0. The zero-order chi connectivity index (χ0) is 6.69. The molecular formula is C7H5NaOS. The van der Waals surface area contributed by atoms with Crippen LogP contribution >= 0.6 is 12.2 Å². The molecule has 0 unspecified atom stereocenters. The Morgan fingerprint density at radius 3 is 2.00 bits per heavy atom. The van der Waals surface area contributed by atoms with E-state index in [9.17, 15) is 5.11 Å². The molecule has 46 valence electrons. The second kappa shape index (κ2) is 4.85. The summed E-state index contributed by atoms with van der Waals surface area (Å²) >= 11 is 4.41. The van der Waals surface area contributed by atoms with Gasteiger partial charge < -0.3 is 5.11 Å². The van der Waals surface area contributed by atoms with E-state index < -0.39 is 0 Å². The largest absolute Gasteiger partial charge is 1.00 e. The van der Waals surface area contributed by atoms with E-state index in [2.05, 4.69) is 12.2 Å². The van der Waals surface area contributed by atoms with E-state index >= 15 is 0 Å². The van der Waals surface area contributed by atoms with Gasteiger partial charge in [-0.15, -0.1) is 0 Å². The average molecular weight is 160 g/mol. The van der Waals surface area contributed by atoms with E-state index in [-0.39, 0.29) is 34.6 Å². The molecule has 1 aromatic rings. The minimum absolute atomic E-state index is 0. The molecule has 0 aliphatic rings. The Hall–Kier alpha value is 0.110. The fraction of sp³-hybridized carbons (Fsp3) is 0. The molecule has 3 heteroatoms. The predicted molar refractivity (Wildman–Crippen MR) is 38.1 cm³/mol. The van der Waals surface area contributed by atoms with E-state index in [0.717, 1.165) is 0 Å². The zero-order valence-corrected chi connectivity index (χ0v) is 8.52. The van der Waals surface area contributed by atoms with Gasteiger partial charge in [0.05, 0.1) is 0 Å². The Balaban J connectivity index is 0.000000810. The molecular weight excluding hydrogens is 155 g/mol. The van der Waals surface area contributed by atoms with E-state index in [0.29, 0.717) is 5.56 Å². The molecule has 1 aromatic carbocycles. The Morgan fingerprint density at radius 2 is 1.70 bits per heavy atom. The normalized spacial score (nSPS) is 8.00. The summed E-state index contributed by atoms with van der Waals surface area (Å²) in [5.74, 6) is 0. The third kappa shape index (κ3) is 2.80. The quantitative estimate of drug-likeness (QED) is 0.341. The van der Waals surface area contributed by atoms with Gasteiger partial charge in [0.15, 0.2) is 0 Å². The van der Waals surface area contributed by atoms with Crippen molar-refractivity contribution in [3.8, 4) is 0 Å². The minimum Gasteiger partial charge on any atom is -0.864 e. The Bertz CT molecular complexity index is 210. The Kier molecular flexibility index (Phi) is 4.91. The van der Waals surface area contributed by atoms with Gasteiger partial charge in [0.1, 0.15) is 0 Å². The average Bonchev–Trinajstić information content (AvgIpc) is 1.90. The SMILES string of the molecule is [Na+].[O-]C(=S)c1ccccc1. The van der Waals surface area contributed by atoms with Crippen LogP contribution in [0.3, 0.4) is 0 Å². The van der Waals surface area contributed by atoms with Crippen LogP contribution in [0.15, 0.2) is 30.3 Å². The van der Waals surface area contributed by atoms with Crippen molar-refractivity contribution in [3.63, 3.8) is 0 Å². The molecule has 0 aliphatic carbocycles. The standard InChI is InChI=1S/C7H6OS.Na/c8-7(9)6-4-2-1-3-5-6;/h1-5H,(H,8,9);/q;+1/p-1. The molecule has 10 heavy (non-hydrogen) atoms. The van der Waals surface area contributed by atoms with E-state index in [1.54, 1.807) is 24.3 Å². The van der Waals surface area contributed by atoms with Crippen molar-refractivity contribution in [2.75, 3.05) is 0 Å². The van der Waals surface area contributed by atoms with Gasteiger partial charge in [-0.25, -0.2) is 0 Å². The van der Waals surface area contributed by atoms with E-state index in [4.69, 9.17) is 0 Å². The first-order valence-electron chi connectivity index (χ1n) is 2.57. The van der Waals surface area contributed by atoms with Crippen LogP contribution in [0.1, 0.15) is 5.56 Å². The maximum absolute atomic E-state index is 10.5. The zero-order valence-electron chi connectivity index (χ0n) is 5.70. The molecule has 0 saturated heterocycles. The van der Waals surface area contributed by atoms with Crippen molar-refractivity contribution in [2.45, 2.75) is 0 Å². The van der Waals surface area contributed by atoms with Crippen molar-refractivity contribution < 1.29 is 34.7 Å². The molecule has 0 amide bonds. The first-order chi connectivity index (χ1) is 4.30. The molecule has 0 aromatic heterocycles. The first-order valence-corrected chi connectivity index (χ1v) is 2.98. The van der Waals surface area contributed by atoms with Gasteiger partial charge in [0.25, 0.3) is 0 Å². The summed E-state index contributed by atoms with van der Waals surface area (Å²) in [7, 11) is 0. The van der Waals surface area contributed by atoms with Gasteiger partial charge in [-0.3, -0.25) is 0 Å². The second-order valence-corrected chi connectivity index (χ2v) is 2.02. The number of thiocarbonyl (C=S) groups is 1. The summed E-state index contributed by atoms with van der Waals surface area (Å²) in [6, 6.07) is 8.84. The van der Waals surface area contributed by atoms with E-state index in [1.807, 2.05) is 6.07 Å². The summed E-state index contributed by atoms with van der Waals surface area (Å²) in [6.07, 6.45) is 0. The number of hydrogen-bond acceptors (Lipinski definition) is 2. The molecule has 0 N–H and O–H groups in total. The number of benzene rings is 1. The molecule has 0 bridgehead atoms. The maximum Gasteiger partial charge on any atom is 1.00 e. The molecule has 0 spiro atoms. The first kappa shape index (κ1) is 10.1. The van der Waals surface area contributed by atoms with E-state index in [1.165, 1.54) is 0 Å². The molecule has 0 fully saturated rings. The van der Waals surface area contributed by atoms with Crippen LogP contribution in [0.5, 0.6) is 0 Å². The van der Waals surface area contributed by atoms with Crippen molar-refractivity contribution in [1.82, 2.24) is 0 Å². The van der Waals surface area contributed by atoms with Gasteiger partial charge in [-0.2, -0.15) is 0 Å². The number of hydrogen-bond donors (Lipinski definition) is 0. The fourth-order valence-corrected chi connectivity index (χ4v) is 0.710. The number of rotatable bonds is 1. The molecule has 0 saturated carbocycles. The van der Waals surface area contributed by atoms with Crippen LogP contribution in [0, 0.1) is 0 Å². The topological polar surface area (TPSA) is 23.1 Å². The fourth-order valence-electron chi connectivity index (χ4n) is 0.574. The van der Waals surface area contributed by atoms with Crippen LogP contribution in [0.2, 0.25) is 0 Å². The Labute approximate surface area is 87.4 Å². The molecule has 0 atom stereocenters. The molecule has 1 rings (SSSR count). The summed E-state index contributed by atoms with van der Waals surface area (Å²) in [5.41, 5.74) is 0.590. The Morgan fingerprint density at radius 1 is 1.20 bits per heavy atom. The summed E-state index contributed by atoms with van der Waals surface area (Å²) in [5, 5.41) is 10.2. The van der Waals surface area contributed by atoms with Crippen molar-refractivity contribution in [1.29, 1.82) is 0 Å². The van der Waals surface area contributed by atoms with Gasteiger partial charge in [-0.05, 0) is 10.6 Å². The third-order valence-electron chi connectivity index (χ3n) is 1.01. The molecule has 0 heterocycles. The monoisotopic (exact) mass is 160 g/mol. The van der Waals surface area contributed by atoms with Gasteiger partial charge in [0.2, 0.25) is 0 Å². The maximum atomic E-state index is 10.5. The van der Waals surface area contributed by atoms with Gasteiger partial charge >= 0.3 is 29.6 Å². The van der Waals surface area contributed by atoms with Crippen LogP contribution < -0.4 is 34.7 Å². The van der Waals surface area contributed by atoms with Gasteiger partial charge in [-0.1, -0.05) is 42.5 Å². The van der Waals surface area contributed by atoms with Crippen LogP contribution in [0.25, 0.3) is 0 Å². The molecule has 1 nitrogen and oxygen atoms in total. The summed E-state index contributed by atoms with van der Waals surface area (Å²) < 4.78 is 0. The predicted octanol–water partition coefficient (Wildman–Crippen LogP) is -2.27. The van der Waals surface area contributed by atoms with Crippen LogP contribution in [0.4, 0.5) is 0 Å².